The second-order valence-electron chi connectivity index (χ2n) is 6.44. The number of hydrogen-bond acceptors (Lipinski definition) is 4. The van der Waals surface area contributed by atoms with Crippen molar-refractivity contribution in [2.45, 2.75) is 20.8 Å². The van der Waals surface area contributed by atoms with Crippen LogP contribution in [0.4, 0.5) is 5.69 Å². The van der Waals surface area contributed by atoms with Gasteiger partial charge in [-0.2, -0.15) is 0 Å². The third-order valence-electron chi connectivity index (χ3n) is 3.71. The summed E-state index contributed by atoms with van der Waals surface area (Å²) < 4.78 is 5.24. The topological polar surface area (TPSA) is 70.7 Å². The highest BCUT2D eigenvalue weighted by atomic mass is 35.5. The molecule has 1 aromatic rings. The van der Waals surface area contributed by atoms with Crippen LogP contribution in [-0.4, -0.2) is 51.0 Å². The van der Waals surface area contributed by atoms with Crippen LogP contribution < -0.4 is 15.4 Å². The first-order valence-electron chi connectivity index (χ1n) is 7.68. The molecule has 0 unspecified atom stereocenters. The van der Waals surface area contributed by atoms with Crippen molar-refractivity contribution >= 4 is 29.1 Å². The lowest BCUT2D eigenvalue weighted by atomic mass is 9.91. The van der Waals surface area contributed by atoms with Gasteiger partial charge >= 0.3 is 0 Å². The van der Waals surface area contributed by atoms with Crippen LogP contribution in [0.1, 0.15) is 19.4 Å². The van der Waals surface area contributed by atoms with Gasteiger partial charge in [-0.3, -0.25) is 9.59 Å². The zero-order valence-corrected chi connectivity index (χ0v) is 15.9. The number of anilines is 1. The van der Waals surface area contributed by atoms with Crippen molar-refractivity contribution < 1.29 is 14.3 Å². The maximum absolute atomic E-state index is 12.6. The minimum Gasteiger partial charge on any atom is -0.495 e. The van der Waals surface area contributed by atoms with Crippen molar-refractivity contribution in [2.75, 3.05) is 39.6 Å². The number of amides is 2. The first kappa shape index (κ1) is 20.3. The van der Waals surface area contributed by atoms with Crippen LogP contribution in [0, 0.1) is 12.3 Å². The number of halogens is 1. The summed E-state index contributed by atoms with van der Waals surface area (Å²) in [4.78, 5) is 26.8. The second-order valence-corrected chi connectivity index (χ2v) is 6.85. The molecule has 0 bridgehead atoms. The average molecular weight is 356 g/mol. The van der Waals surface area contributed by atoms with Gasteiger partial charge in [0.05, 0.1) is 12.8 Å². The fourth-order valence-corrected chi connectivity index (χ4v) is 2.08. The Bertz CT molecular complexity index is 615. The van der Waals surface area contributed by atoms with Crippen molar-refractivity contribution in [3.05, 3.63) is 22.7 Å². The summed E-state index contributed by atoms with van der Waals surface area (Å²) in [5, 5.41) is 6.08. The number of nitrogens with zero attached hydrogens (tertiary/aromatic N) is 1. The Morgan fingerprint density at radius 1 is 1.25 bits per heavy atom. The minimum atomic E-state index is -1.22. The van der Waals surface area contributed by atoms with E-state index in [1.165, 1.54) is 7.11 Å². The molecule has 0 aliphatic rings. The Morgan fingerprint density at radius 3 is 2.42 bits per heavy atom. The predicted molar refractivity (Wildman–Crippen MR) is 96.7 cm³/mol. The highest BCUT2D eigenvalue weighted by molar-refractivity contribution is 6.31. The Labute approximate surface area is 148 Å². The Kier molecular flexibility index (Phi) is 7.05. The van der Waals surface area contributed by atoms with Gasteiger partial charge in [0.25, 0.3) is 0 Å². The first-order valence-corrected chi connectivity index (χ1v) is 8.06. The van der Waals surface area contributed by atoms with E-state index in [0.717, 1.165) is 5.56 Å². The molecule has 2 N–H and O–H groups in total. The van der Waals surface area contributed by atoms with Crippen molar-refractivity contribution in [2.24, 2.45) is 5.41 Å². The highest BCUT2D eigenvalue weighted by Gasteiger charge is 2.36. The highest BCUT2D eigenvalue weighted by Crippen LogP contribution is 2.32. The van der Waals surface area contributed by atoms with Crippen molar-refractivity contribution in [3.8, 4) is 5.75 Å². The summed E-state index contributed by atoms with van der Waals surface area (Å²) in [6.45, 7) is 6.18. The number of aryl methyl sites for hydroxylation is 1. The molecule has 0 atom stereocenters. The zero-order chi connectivity index (χ0) is 18.5. The molecule has 7 heteroatoms. The van der Waals surface area contributed by atoms with E-state index in [1.54, 1.807) is 26.0 Å². The number of nitrogens with one attached hydrogen (secondary N) is 2. The molecule has 0 heterocycles. The van der Waals surface area contributed by atoms with Gasteiger partial charge in [-0.25, -0.2) is 0 Å². The molecule has 6 nitrogen and oxygen atoms in total. The van der Waals surface area contributed by atoms with E-state index in [4.69, 9.17) is 16.3 Å². The van der Waals surface area contributed by atoms with Gasteiger partial charge < -0.3 is 20.3 Å². The molecule has 0 fully saturated rings. The van der Waals surface area contributed by atoms with E-state index in [-0.39, 0.29) is 5.91 Å². The summed E-state index contributed by atoms with van der Waals surface area (Å²) >= 11 is 6.06. The molecule has 0 saturated heterocycles. The maximum atomic E-state index is 12.6. The van der Waals surface area contributed by atoms with E-state index in [1.807, 2.05) is 25.9 Å². The number of hydrogen-bond donors (Lipinski definition) is 2. The van der Waals surface area contributed by atoms with Crippen LogP contribution in [0.15, 0.2) is 12.1 Å². The number of carbonyl (C=O) groups excluding carboxylic acids is 2. The fourth-order valence-electron chi connectivity index (χ4n) is 1.93. The largest absolute Gasteiger partial charge is 0.495 e. The molecular weight excluding hydrogens is 330 g/mol. The van der Waals surface area contributed by atoms with Crippen LogP contribution >= 0.6 is 11.6 Å². The predicted octanol–water partition coefficient (Wildman–Crippen LogP) is 2.30. The van der Waals surface area contributed by atoms with E-state index in [0.29, 0.717) is 29.5 Å². The summed E-state index contributed by atoms with van der Waals surface area (Å²) in [7, 11) is 5.33. The van der Waals surface area contributed by atoms with E-state index in [9.17, 15) is 9.59 Å². The van der Waals surface area contributed by atoms with Gasteiger partial charge in [-0.15, -0.1) is 0 Å². The smallest absolute Gasteiger partial charge is 0.239 e. The fraction of sp³-hybridized carbons (Fsp3) is 0.529. The number of ether oxygens (including phenoxy) is 1. The van der Waals surface area contributed by atoms with Gasteiger partial charge in [0.15, 0.2) is 0 Å². The lowest BCUT2D eigenvalue weighted by Gasteiger charge is -2.24. The van der Waals surface area contributed by atoms with Crippen molar-refractivity contribution in [3.63, 3.8) is 0 Å². The van der Waals surface area contributed by atoms with Crippen LogP contribution in [0.2, 0.25) is 5.02 Å². The summed E-state index contributed by atoms with van der Waals surface area (Å²) in [5.74, 6) is -0.292. The molecule has 0 saturated carbocycles. The monoisotopic (exact) mass is 355 g/mol. The van der Waals surface area contributed by atoms with Gasteiger partial charge in [0.2, 0.25) is 11.8 Å². The molecule has 0 aromatic heterocycles. The summed E-state index contributed by atoms with van der Waals surface area (Å²) in [6.07, 6.45) is 0. The van der Waals surface area contributed by atoms with E-state index in [2.05, 4.69) is 10.6 Å². The molecule has 1 rings (SSSR count). The van der Waals surface area contributed by atoms with Gasteiger partial charge in [0, 0.05) is 24.2 Å². The number of rotatable bonds is 7. The third kappa shape index (κ3) is 5.11. The molecule has 1 aromatic carbocycles. The SMILES string of the molecule is COc1cc(Cl)c(C)cc1NC(=O)C(C)(C)C(=O)NCCN(C)C. The van der Waals surface area contributed by atoms with Gasteiger partial charge in [0.1, 0.15) is 11.2 Å². The maximum Gasteiger partial charge on any atom is 0.239 e. The van der Waals surface area contributed by atoms with Gasteiger partial charge in [-0.05, 0) is 46.5 Å². The number of methoxy groups -OCH3 is 1. The molecule has 134 valence electrons. The normalized spacial score (nSPS) is 11.3. The Morgan fingerprint density at radius 2 is 1.88 bits per heavy atom. The molecule has 2 amide bonds. The van der Waals surface area contributed by atoms with Crippen molar-refractivity contribution in [1.82, 2.24) is 10.2 Å². The number of carbonyl (C=O) groups is 2. The summed E-state index contributed by atoms with van der Waals surface area (Å²) in [5.41, 5.74) is 0.0739. The third-order valence-corrected chi connectivity index (χ3v) is 4.12. The lowest BCUT2D eigenvalue weighted by Crippen LogP contribution is -2.46. The molecule has 0 spiro atoms. The van der Waals surface area contributed by atoms with Crippen LogP contribution in [0.3, 0.4) is 0 Å². The van der Waals surface area contributed by atoms with E-state index >= 15 is 0 Å². The standard InChI is InChI=1S/C17H26ClN3O3/c1-11-9-13(14(24-6)10-12(11)18)20-16(23)17(2,3)15(22)19-7-8-21(4)5/h9-10H,7-8H2,1-6H3,(H,19,22)(H,20,23). The zero-order valence-electron chi connectivity index (χ0n) is 15.1. The lowest BCUT2D eigenvalue weighted by molar-refractivity contribution is -0.138. The Hall–Kier alpha value is -1.79. The second kappa shape index (κ2) is 8.35. The summed E-state index contributed by atoms with van der Waals surface area (Å²) in [6, 6.07) is 3.36. The average Bonchev–Trinajstić information content (AvgIpc) is 2.49. The molecule has 24 heavy (non-hydrogen) atoms. The van der Waals surface area contributed by atoms with E-state index < -0.39 is 11.3 Å². The van der Waals surface area contributed by atoms with Gasteiger partial charge in [-0.1, -0.05) is 11.6 Å². The number of benzene rings is 1. The molecule has 0 radical (unpaired) electrons. The van der Waals surface area contributed by atoms with Crippen LogP contribution in [0.25, 0.3) is 0 Å². The number of likely N-dealkylation sites (N-methyl/N-ethyl adjacent to an activating group) is 1. The quantitative estimate of drug-likeness (QED) is 0.736. The first-order chi connectivity index (χ1) is 11.1. The van der Waals surface area contributed by atoms with Crippen LogP contribution in [0.5, 0.6) is 5.75 Å². The van der Waals surface area contributed by atoms with Crippen LogP contribution in [-0.2, 0) is 9.59 Å². The Balaban J connectivity index is 2.85. The molecule has 0 aliphatic heterocycles. The minimum absolute atomic E-state index is 0.327. The molecule has 0 aliphatic carbocycles. The van der Waals surface area contributed by atoms with Crippen molar-refractivity contribution in [1.29, 1.82) is 0 Å². The molecular formula is C17H26ClN3O3.